The maximum absolute atomic E-state index is 14.0. The van der Waals surface area contributed by atoms with Gasteiger partial charge in [-0.15, -0.1) is 0 Å². The maximum Gasteiger partial charge on any atom is 0.255 e. The first-order valence-electron chi connectivity index (χ1n) is 9.79. The van der Waals surface area contributed by atoms with Crippen LogP contribution in [0.25, 0.3) is 0 Å². The molecule has 3 heterocycles. The number of nitrogens with zero attached hydrogens (tertiary/aromatic N) is 5. The molecule has 4 rings (SSSR count). The number of pyridine rings is 1. The minimum Gasteiger partial charge on any atom is -0.367 e. The molecule has 0 aliphatic carbocycles. The molecule has 2 fully saturated rings. The van der Waals surface area contributed by atoms with Crippen LogP contribution in [0.15, 0.2) is 42.7 Å². The monoisotopic (exact) mass is 383 g/mol. The van der Waals surface area contributed by atoms with Crippen LogP contribution >= 0.6 is 0 Å². The Balaban J connectivity index is 1.41. The third-order valence-electron chi connectivity index (χ3n) is 5.60. The largest absolute Gasteiger partial charge is 0.367 e. The van der Waals surface area contributed by atoms with E-state index in [1.807, 2.05) is 23.1 Å². The fourth-order valence-electron chi connectivity index (χ4n) is 3.82. The number of aromatic nitrogens is 1. The van der Waals surface area contributed by atoms with E-state index in [4.69, 9.17) is 0 Å². The van der Waals surface area contributed by atoms with Crippen LogP contribution in [-0.2, 0) is 0 Å². The van der Waals surface area contributed by atoms with Crippen LogP contribution in [0.2, 0.25) is 0 Å². The second-order valence-electron chi connectivity index (χ2n) is 7.45. The summed E-state index contributed by atoms with van der Waals surface area (Å²) in [6.45, 7) is 6.30. The lowest BCUT2D eigenvalue weighted by molar-refractivity contribution is 0.0663. The van der Waals surface area contributed by atoms with Crippen molar-refractivity contribution in [2.75, 3.05) is 69.2 Å². The van der Waals surface area contributed by atoms with Gasteiger partial charge in [0, 0.05) is 58.6 Å². The number of halogens is 1. The van der Waals surface area contributed by atoms with Gasteiger partial charge < -0.3 is 19.6 Å². The molecule has 1 aromatic carbocycles. The van der Waals surface area contributed by atoms with Crippen LogP contribution in [0.4, 0.5) is 15.8 Å². The second-order valence-corrected chi connectivity index (χ2v) is 7.45. The highest BCUT2D eigenvalue weighted by Crippen LogP contribution is 2.23. The quantitative estimate of drug-likeness (QED) is 0.810. The van der Waals surface area contributed by atoms with Crippen LogP contribution in [-0.4, -0.2) is 80.1 Å². The Labute approximate surface area is 165 Å². The van der Waals surface area contributed by atoms with Crippen molar-refractivity contribution < 1.29 is 9.18 Å². The number of carbonyl (C=O) groups is 1. The average Bonchev–Trinajstić information content (AvgIpc) is 2.74. The summed E-state index contributed by atoms with van der Waals surface area (Å²) in [6, 6.07) is 8.83. The van der Waals surface area contributed by atoms with Crippen molar-refractivity contribution in [3.63, 3.8) is 0 Å². The fraction of sp³-hybridized carbons (Fsp3) is 0.429. The summed E-state index contributed by atoms with van der Waals surface area (Å²) in [5.74, 6) is -0.134. The second kappa shape index (κ2) is 8.14. The lowest BCUT2D eigenvalue weighted by atomic mass is 10.2. The zero-order valence-corrected chi connectivity index (χ0v) is 16.2. The average molecular weight is 383 g/mol. The molecule has 2 aliphatic heterocycles. The van der Waals surface area contributed by atoms with Gasteiger partial charge in [-0.25, -0.2) is 4.39 Å². The van der Waals surface area contributed by atoms with E-state index in [2.05, 4.69) is 26.7 Å². The topological polar surface area (TPSA) is 42.9 Å². The van der Waals surface area contributed by atoms with Crippen molar-refractivity contribution in [2.45, 2.75) is 0 Å². The summed E-state index contributed by atoms with van der Waals surface area (Å²) in [5, 5.41) is 0. The Hall–Kier alpha value is -2.67. The van der Waals surface area contributed by atoms with Gasteiger partial charge in [-0.2, -0.15) is 0 Å². The van der Waals surface area contributed by atoms with E-state index in [1.165, 1.54) is 6.07 Å². The molecule has 0 bridgehead atoms. The highest BCUT2D eigenvalue weighted by Gasteiger charge is 2.23. The number of amides is 1. The molecule has 0 atom stereocenters. The SMILES string of the molecule is CN1CCN(C(=O)c2cncc(N3CCN(c4ccccc4F)CC3)c2)CC1. The Morgan fingerprint density at radius 1 is 0.929 bits per heavy atom. The molecule has 28 heavy (non-hydrogen) atoms. The number of para-hydroxylation sites is 1. The zero-order chi connectivity index (χ0) is 19.5. The standard InChI is InChI=1S/C21H26FN5O/c1-24-6-8-27(9-7-24)21(28)17-14-18(16-23-15-17)25-10-12-26(13-11-25)20-5-3-2-4-19(20)22/h2-5,14-16H,6-13H2,1H3. The van der Waals surface area contributed by atoms with E-state index in [9.17, 15) is 9.18 Å². The smallest absolute Gasteiger partial charge is 0.255 e. The Morgan fingerprint density at radius 2 is 1.61 bits per heavy atom. The summed E-state index contributed by atoms with van der Waals surface area (Å²) < 4.78 is 14.0. The summed E-state index contributed by atoms with van der Waals surface area (Å²) in [7, 11) is 2.07. The number of piperazine rings is 2. The van der Waals surface area contributed by atoms with Gasteiger partial charge in [-0.3, -0.25) is 9.78 Å². The summed E-state index contributed by atoms with van der Waals surface area (Å²) in [6.07, 6.45) is 3.46. The van der Waals surface area contributed by atoms with Crippen molar-refractivity contribution in [2.24, 2.45) is 0 Å². The first-order chi connectivity index (χ1) is 13.6. The third kappa shape index (κ3) is 3.94. The van der Waals surface area contributed by atoms with Gasteiger partial charge in [0.25, 0.3) is 5.91 Å². The number of carbonyl (C=O) groups excluding carboxylic acids is 1. The lowest BCUT2D eigenvalue weighted by Gasteiger charge is -2.37. The van der Waals surface area contributed by atoms with E-state index < -0.39 is 0 Å². The van der Waals surface area contributed by atoms with Crippen molar-refractivity contribution in [1.29, 1.82) is 0 Å². The first kappa shape index (κ1) is 18.7. The van der Waals surface area contributed by atoms with Gasteiger partial charge in [0.15, 0.2) is 0 Å². The molecule has 0 spiro atoms. The first-order valence-corrected chi connectivity index (χ1v) is 9.79. The molecule has 0 saturated carbocycles. The molecular formula is C21H26FN5O. The normalized spacial score (nSPS) is 18.4. The van der Waals surface area contributed by atoms with Crippen LogP contribution in [0.3, 0.4) is 0 Å². The number of rotatable bonds is 3. The molecule has 0 radical (unpaired) electrons. The Morgan fingerprint density at radius 3 is 2.32 bits per heavy atom. The maximum atomic E-state index is 14.0. The van der Waals surface area contributed by atoms with Crippen molar-refractivity contribution in [3.05, 3.63) is 54.1 Å². The number of hydrogen-bond acceptors (Lipinski definition) is 5. The van der Waals surface area contributed by atoms with Crippen molar-refractivity contribution in [1.82, 2.24) is 14.8 Å². The molecule has 2 aliphatic rings. The predicted molar refractivity (Wildman–Crippen MR) is 108 cm³/mol. The van der Waals surface area contributed by atoms with E-state index >= 15 is 0 Å². The van der Waals surface area contributed by atoms with Crippen LogP contribution in [0.1, 0.15) is 10.4 Å². The molecular weight excluding hydrogens is 357 g/mol. The van der Waals surface area contributed by atoms with Gasteiger partial charge >= 0.3 is 0 Å². The van der Waals surface area contributed by atoms with E-state index in [1.54, 1.807) is 18.5 Å². The number of likely N-dealkylation sites (N-methyl/N-ethyl adjacent to an activating group) is 1. The minimum absolute atomic E-state index is 0.0486. The number of benzene rings is 1. The zero-order valence-electron chi connectivity index (χ0n) is 16.2. The van der Waals surface area contributed by atoms with E-state index in [-0.39, 0.29) is 11.7 Å². The Bertz CT molecular complexity index is 829. The summed E-state index contributed by atoms with van der Waals surface area (Å²) in [4.78, 5) is 25.5. The van der Waals surface area contributed by atoms with Gasteiger partial charge in [-0.05, 0) is 25.2 Å². The molecule has 2 aromatic rings. The summed E-state index contributed by atoms with van der Waals surface area (Å²) in [5.41, 5.74) is 2.24. The molecule has 1 amide bonds. The highest BCUT2D eigenvalue weighted by atomic mass is 19.1. The van der Waals surface area contributed by atoms with Gasteiger partial charge in [0.2, 0.25) is 0 Å². The van der Waals surface area contributed by atoms with Crippen LogP contribution in [0, 0.1) is 5.82 Å². The molecule has 7 heteroatoms. The Kier molecular flexibility index (Phi) is 5.43. The van der Waals surface area contributed by atoms with E-state index in [0.717, 1.165) is 58.0 Å². The summed E-state index contributed by atoms with van der Waals surface area (Å²) >= 11 is 0. The van der Waals surface area contributed by atoms with Crippen LogP contribution in [0.5, 0.6) is 0 Å². The molecule has 0 N–H and O–H groups in total. The van der Waals surface area contributed by atoms with E-state index in [0.29, 0.717) is 11.3 Å². The fourth-order valence-corrected chi connectivity index (χ4v) is 3.82. The molecule has 6 nitrogen and oxygen atoms in total. The van der Waals surface area contributed by atoms with Crippen molar-refractivity contribution >= 4 is 17.3 Å². The molecule has 0 unspecified atom stereocenters. The number of hydrogen-bond donors (Lipinski definition) is 0. The van der Waals surface area contributed by atoms with Gasteiger partial charge in [0.05, 0.1) is 23.1 Å². The lowest BCUT2D eigenvalue weighted by Crippen LogP contribution is -2.47. The third-order valence-corrected chi connectivity index (χ3v) is 5.60. The molecule has 1 aromatic heterocycles. The molecule has 2 saturated heterocycles. The van der Waals surface area contributed by atoms with Crippen LogP contribution < -0.4 is 9.80 Å². The van der Waals surface area contributed by atoms with Crippen molar-refractivity contribution in [3.8, 4) is 0 Å². The predicted octanol–water partition coefficient (Wildman–Crippen LogP) is 1.93. The molecule has 148 valence electrons. The minimum atomic E-state index is -0.183. The number of anilines is 2. The van der Waals surface area contributed by atoms with Gasteiger partial charge in [-0.1, -0.05) is 12.1 Å². The highest BCUT2D eigenvalue weighted by molar-refractivity contribution is 5.94. The van der Waals surface area contributed by atoms with Gasteiger partial charge in [0.1, 0.15) is 5.82 Å².